The number of sulfonamides is 2. The van der Waals surface area contributed by atoms with Gasteiger partial charge in [-0.3, -0.25) is 4.55 Å². The van der Waals surface area contributed by atoms with E-state index in [1.54, 1.807) is 60.7 Å². The maximum atomic E-state index is 12.7. The van der Waals surface area contributed by atoms with E-state index in [1.165, 1.54) is 78.8 Å². The molecule has 0 saturated carbocycles. The Balaban J connectivity index is 1.54. The van der Waals surface area contributed by atoms with Gasteiger partial charge in [0, 0.05) is 86.3 Å². The summed E-state index contributed by atoms with van der Waals surface area (Å²) in [4.78, 5) is 3.05. The summed E-state index contributed by atoms with van der Waals surface area (Å²) in [7, 11) is -3.49. The van der Waals surface area contributed by atoms with Crippen LogP contribution in [0.4, 0.5) is 17.1 Å². The van der Waals surface area contributed by atoms with Crippen molar-refractivity contribution in [1.82, 2.24) is 8.61 Å². The Morgan fingerprint density at radius 1 is 0.685 bits per heavy atom. The van der Waals surface area contributed by atoms with Crippen molar-refractivity contribution in [2.45, 2.75) is 14.7 Å². The van der Waals surface area contributed by atoms with Crippen LogP contribution in [0, 0.1) is 0 Å². The van der Waals surface area contributed by atoms with Gasteiger partial charge in [-0.15, -0.1) is 0 Å². The first-order valence-electron chi connectivity index (χ1n) is 16.1. The molecule has 282 valence electrons. The van der Waals surface area contributed by atoms with E-state index in [2.05, 4.69) is 10.3 Å². The number of fused-ring (bicyclic) bond motifs is 2. The highest BCUT2D eigenvalue weighted by atomic mass is 32.2. The Kier molecular flexibility index (Phi) is 10.3. The molecule has 4 aromatic rings. The Morgan fingerprint density at radius 2 is 1.31 bits per heavy atom. The number of benzene rings is 5. The van der Waals surface area contributed by atoms with Crippen LogP contribution in [-0.4, -0.2) is 80.8 Å². The van der Waals surface area contributed by atoms with Gasteiger partial charge >= 0.3 is 0 Å². The molecule has 0 spiro atoms. The number of methoxy groups -OCH3 is 2. The van der Waals surface area contributed by atoms with Crippen molar-refractivity contribution in [3.05, 3.63) is 102 Å². The van der Waals surface area contributed by atoms with E-state index < -0.39 is 30.2 Å². The lowest BCUT2D eigenvalue weighted by atomic mass is 9.93. The highest BCUT2D eigenvalue weighted by Gasteiger charge is 2.25. The Labute approximate surface area is 313 Å². The standard InChI is InChI=1S/C37H36N4O10S3/c1-40(2)52(42,43)25-13-17-30(34(21-25)49-5)38-23-11-15-27-32(19-23)51-33-20-24(39-31-18-14-26(22-35(31)50-6)53(44,45)41(3)4)12-16-28(33)37(27)29-9-7-8-10-36(29)54(46,47)48/h7-22,38H,1-6H3,(H,46,47,48)/p+1. The van der Waals surface area contributed by atoms with E-state index in [9.17, 15) is 29.8 Å². The predicted octanol–water partition coefficient (Wildman–Crippen LogP) is 4.03. The Hall–Kier alpha value is -5.30. The summed E-state index contributed by atoms with van der Waals surface area (Å²) < 4.78 is 106. The third kappa shape index (κ3) is 7.29. The smallest absolute Gasteiger partial charge is 0.295 e. The molecule has 4 aromatic carbocycles. The molecule has 0 aromatic heterocycles. The van der Waals surface area contributed by atoms with Gasteiger partial charge in [0.2, 0.25) is 31.1 Å². The van der Waals surface area contributed by atoms with Crippen molar-refractivity contribution in [2.24, 2.45) is 0 Å². The molecule has 54 heavy (non-hydrogen) atoms. The molecule has 17 heteroatoms. The zero-order valence-corrected chi connectivity index (χ0v) is 32.4. The molecule has 1 heterocycles. The van der Waals surface area contributed by atoms with Gasteiger partial charge in [-0.1, -0.05) is 18.2 Å². The zero-order chi connectivity index (χ0) is 39.2. The van der Waals surface area contributed by atoms with Gasteiger partial charge in [0.25, 0.3) is 10.1 Å². The summed E-state index contributed by atoms with van der Waals surface area (Å²) >= 11 is 0. The van der Waals surface area contributed by atoms with Gasteiger partial charge in [-0.05, 0) is 42.5 Å². The lowest BCUT2D eigenvalue weighted by Crippen LogP contribution is -2.70. The summed E-state index contributed by atoms with van der Waals surface area (Å²) in [5, 5.41) is 4.31. The lowest BCUT2D eigenvalue weighted by Gasteiger charge is -2.18. The second-order valence-electron chi connectivity index (χ2n) is 12.4. The van der Waals surface area contributed by atoms with Gasteiger partial charge in [-0.2, -0.15) is 8.42 Å². The number of nitrogens with zero attached hydrogens (tertiary/aromatic N) is 2. The van der Waals surface area contributed by atoms with E-state index in [0.29, 0.717) is 50.3 Å². The second kappa shape index (κ2) is 14.5. The van der Waals surface area contributed by atoms with E-state index >= 15 is 0 Å². The number of rotatable bonds is 11. The SMILES string of the molecule is COc1cc(S(=O)(=O)N(C)C)ccc1Nc1ccc2c(-c3ccccc3S(=O)(=O)O)c3ccc(=[NH+]c4ccc(S(=O)(=O)N(C)C)cc4OC)cc-3oc2c1. The van der Waals surface area contributed by atoms with Gasteiger partial charge in [0.05, 0.1) is 35.8 Å². The first kappa shape index (κ1) is 38.4. The van der Waals surface area contributed by atoms with Crippen LogP contribution in [0.3, 0.4) is 0 Å². The minimum atomic E-state index is -4.65. The highest BCUT2D eigenvalue weighted by Crippen LogP contribution is 2.43. The van der Waals surface area contributed by atoms with E-state index in [-0.39, 0.29) is 31.7 Å². The molecule has 0 amide bonds. The van der Waals surface area contributed by atoms with Crippen LogP contribution >= 0.6 is 0 Å². The van der Waals surface area contributed by atoms with Crippen LogP contribution in [-0.2, 0) is 30.2 Å². The first-order valence-corrected chi connectivity index (χ1v) is 20.4. The molecule has 0 saturated heterocycles. The molecule has 14 nitrogen and oxygen atoms in total. The largest absolute Gasteiger partial charge is 0.495 e. The molecule has 1 aliphatic heterocycles. The molecule has 3 N–H and O–H groups in total. The molecule has 0 radical (unpaired) electrons. The van der Waals surface area contributed by atoms with Crippen LogP contribution in [0.2, 0.25) is 0 Å². The number of ether oxygens (including phenoxy) is 2. The lowest BCUT2D eigenvalue weighted by molar-refractivity contribution is -0.403. The number of hydrogen-bond acceptors (Lipinski definition) is 10. The molecule has 2 aliphatic rings. The minimum absolute atomic E-state index is 0.0496. The molecule has 0 fully saturated rings. The zero-order valence-electron chi connectivity index (χ0n) is 30.0. The number of nitrogens with one attached hydrogen (secondary N) is 2. The average Bonchev–Trinajstić information content (AvgIpc) is 3.13. The van der Waals surface area contributed by atoms with Crippen LogP contribution in [0.15, 0.2) is 116 Å². The molecule has 1 aliphatic carbocycles. The molecule has 0 unspecified atom stereocenters. The third-order valence-electron chi connectivity index (χ3n) is 8.62. The van der Waals surface area contributed by atoms with Crippen molar-refractivity contribution < 1.29 is 48.7 Å². The first-order chi connectivity index (χ1) is 25.4. The molecular formula is C37H37N4O10S3+. The molecule has 0 bridgehead atoms. The van der Waals surface area contributed by atoms with Crippen LogP contribution in [0.25, 0.3) is 33.4 Å². The molecule has 6 rings (SSSR count). The maximum absolute atomic E-state index is 12.7. The van der Waals surface area contributed by atoms with Crippen molar-refractivity contribution >= 4 is 58.2 Å². The molecule has 0 atom stereocenters. The monoisotopic (exact) mass is 793 g/mol. The van der Waals surface area contributed by atoms with Crippen molar-refractivity contribution in [1.29, 1.82) is 0 Å². The van der Waals surface area contributed by atoms with Crippen molar-refractivity contribution in [3.8, 4) is 33.9 Å². The molecular weight excluding hydrogens is 757 g/mol. The normalized spacial score (nSPS) is 12.9. The van der Waals surface area contributed by atoms with E-state index in [0.717, 1.165) is 8.61 Å². The van der Waals surface area contributed by atoms with Gasteiger partial charge in [-0.25, -0.2) is 30.4 Å². The fourth-order valence-electron chi connectivity index (χ4n) is 5.84. The minimum Gasteiger partial charge on any atom is -0.495 e. The Bertz CT molecular complexity index is 2800. The summed E-state index contributed by atoms with van der Waals surface area (Å²) in [6.07, 6.45) is 0. The number of anilines is 2. The van der Waals surface area contributed by atoms with E-state index in [4.69, 9.17) is 13.9 Å². The summed E-state index contributed by atoms with van der Waals surface area (Å²) in [5.74, 6) is 0.885. The third-order valence-corrected chi connectivity index (χ3v) is 13.2. The fourth-order valence-corrected chi connectivity index (χ4v) is 8.37. The number of hydrogen-bond donors (Lipinski definition) is 3. The van der Waals surface area contributed by atoms with Crippen LogP contribution < -0.4 is 25.1 Å². The predicted molar refractivity (Wildman–Crippen MR) is 203 cm³/mol. The fraction of sp³-hybridized carbons (Fsp3) is 0.162. The quantitative estimate of drug-likeness (QED) is 0.127. The van der Waals surface area contributed by atoms with Crippen LogP contribution in [0.1, 0.15) is 0 Å². The summed E-state index contributed by atoms with van der Waals surface area (Å²) in [6, 6.07) is 25.4. The average molecular weight is 794 g/mol. The summed E-state index contributed by atoms with van der Waals surface area (Å²) in [5.41, 5.74) is 3.06. The van der Waals surface area contributed by atoms with Crippen molar-refractivity contribution in [2.75, 3.05) is 47.7 Å². The maximum Gasteiger partial charge on any atom is 0.295 e. The van der Waals surface area contributed by atoms with E-state index in [1.807, 2.05) is 0 Å². The highest BCUT2D eigenvalue weighted by molar-refractivity contribution is 7.89. The Morgan fingerprint density at radius 3 is 1.94 bits per heavy atom. The van der Waals surface area contributed by atoms with Gasteiger partial charge in [0.15, 0.2) is 5.75 Å². The summed E-state index contributed by atoms with van der Waals surface area (Å²) in [6.45, 7) is 0. The van der Waals surface area contributed by atoms with Crippen LogP contribution in [0.5, 0.6) is 11.5 Å². The van der Waals surface area contributed by atoms with Gasteiger partial charge in [0.1, 0.15) is 22.0 Å². The van der Waals surface area contributed by atoms with Crippen molar-refractivity contribution in [3.63, 3.8) is 0 Å². The van der Waals surface area contributed by atoms with Gasteiger partial charge < -0.3 is 19.2 Å². The topological polar surface area (TPSA) is 187 Å². The second-order valence-corrected chi connectivity index (χ2v) is 18.1.